The number of piperidine rings is 1. The number of benzene rings is 2. The molecule has 6 nitrogen and oxygen atoms in total. The van der Waals surface area contributed by atoms with Crippen LogP contribution in [0.5, 0.6) is 5.75 Å². The third kappa shape index (κ3) is 6.06. The SMILES string of the molecule is Cc1ccccc1OCCNC(=O)CCc1ccc(S(=O)(=O)N2CCCCC2)cc1. The molecule has 1 saturated heterocycles. The van der Waals surface area contributed by atoms with Crippen molar-refractivity contribution in [3.05, 3.63) is 59.7 Å². The van der Waals surface area contributed by atoms with Gasteiger partial charge in [-0.15, -0.1) is 0 Å². The Balaban J connectivity index is 1.41. The lowest BCUT2D eigenvalue weighted by molar-refractivity contribution is -0.121. The van der Waals surface area contributed by atoms with Gasteiger partial charge in [0.05, 0.1) is 11.4 Å². The number of ether oxygens (including phenoxy) is 1. The first-order valence-electron chi connectivity index (χ1n) is 10.5. The first kappa shape index (κ1) is 22.3. The fraction of sp³-hybridized carbons (Fsp3) is 0.435. The van der Waals surface area contributed by atoms with E-state index in [1.54, 1.807) is 28.6 Å². The normalized spacial score (nSPS) is 15.0. The quantitative estimate of drug-likeness (QED) is 0.620. The zero-order valence-electron chi connectivity index (χ0n) is 17.5. The molecule has 2 aromatic carbocycles. The van der Waals surface area contributed by atoms with E-state index < -0.39 is 10.0 Å². The van der Waals surface area contributed by atoms with E-state index >= 15 is 0 Å². The summed E-state index contributed by atoms with van der Waals surface area (Å²) in [6.07, 6.45) is 3.84. The Morgan fingerprint density at radius 1 is 1.03 bits per heavy atom. The second kappa shape index (κ2) is 10.6. The largest absolute Gasteiger partial charge is 0.491 e. The number of hydrogen-bond donors (Lipinski definition) is 1. The summed E-state index contributed by atoms with van der Waals surface area (Å²) in [6, 6.07) is 14.7. The summed E-state index contributed by atoms with van der Waals surface area (Å²) in [6.45, 7) is 4.03. The van der Waals surface area contributed by atoms with Crippen LogP contribution < -0.4 is 10.1 Å². The van der Waals surface area contributed by atoms with E-state index in [0.29, 0.717) is 44.0 Å². The molecule has 162 valence electrons. The molecule has 0 unspecified atom stereocenters. The number of carbonyl (C=O) groups excluding carboxylic acids is 1. The van der Waals surface area contributed by atoms with E-state index in [1.807, 2.05) is 31.2 Å². The molecular weight excluding hydrogens is 400 g/mol. The van der Waals surface area contributed by atoms with Gasteiger partial charge in [0.2, 0.25) is 15.9 Å². The van der Waals surface area contributed by atoms with Gasteiger partial charge in [0, 0.05) is 19.5 Å². The lowest BCUT2D eigenvalue weighted by Crippen LogP contribution is -2.35. The summed E-state index contributed by atoms with van der Waals surface area (Å²) in [4.78, 5) is 12.4. The second-order valence-corrected chi connectivity index (χ2v) is 9.51. The van der Waals surface area contributed by atoms with Crippen molar-refractivity contribution in [2.24, 2.45) is 0 Å². The number of rotatable bonds is 9. The number of nitrogens with zero attached hydrogens (tertiary/aromatic N) is 1. The molecule has 1 fully saturated rings. The Kier molecular flexibility index (Phi) is 7.87. The first-order valence-corrected chi connectivity index (χ1v) is 11.9. The van der Waals surface area contributed by atoms with Crippen molar-refractivity contribution in [3.8, 4) is 5.75 Å². The predicted molar refractivity (Wildman–Crippen MR) is 117 cm³/mol. The Morgan fingerprint density at radius 3 is 2.43 bits per heavy atom. The van der Waals surface area contributed by atoms with Crippen molar-refractivity contribution >= 4 is 15.9 Å². The fourth-order valence-electron chi connectivity index (χ4n) is 3.50. The van der Waals surface area contributed by atoms with Crippen LogP contribution in [0.4, 0.5) is 0 Å². The van der Waals surface area contributed by atoms with Gasteiger partial charge >= 0.3 is 0 Å². The molecule has 1 N–H and O–H groups in total. The number of aryl methyl sites for hydroxylation is 2. The van der Waals surface area contributed by atoms with Gasteiger partial charge in [0.15, 0.2) is 0 Å². The fourth-order valence-corrected chi connectivity index (χ4v) is 5.02. The Bertz CT molecular complexity index is 936. The number of nitrogens with one attached hydrogen (secondary N) is 1. The smallest absolute Gasteiger partial charge is 0.243 e. The van der Waals surface area contributed by atoms with Crippen LogP contribution in [-0.2, 0) is 21.2 Å². The molecule has 1 heterocycles. The number of hydrogen-bond acceptors (Lipinski definition) is 4. The lowest BCUT2D eigenvalue weighted by Gasteiger charge is -2.25. The molecule has 0 aromatic heterocycles. The highest BCUT2D eigenvalue weighted by Gasteiger charge is 2.25. The van der Waals surface area contributed by atoms with E-state index in [1.165, 1.54) is 0 Å². The van der Waals surface area contributed by atoms with Crippen LogP contribution in [0.15, 0.2) is 53.4 Å². The van der Waals surface area contributed by atoms with E-state index in [9.17, 15) is 13.2 Å². The van der Waals surface area contributed by atoms with Crippen molar-refractivity contribution in [3.63, 3.8) is 0 Å². The Hall–Kier alpha value is -2.38. The highest BCUT2D eigenvalue weighted by molar-refractivity contribution is 7.89. The highest BCUT2D eigenvalue weighted by atomic mass is 32.2. The zero-order chi connectivity index (χ0) is 21.4. The maximum Gasteiger partial charge on any atom is 0.243 e. The van der Waals surface area contributed by atoms with Crippen molar-refractivity contribution in [2.75, 3.05) is 26.2 Å². The molecular formula is C23H30N2O4S. The molecule has 0 aliphatic carbocycles. The number of amides is 1. The summed E-state index contributed by atoms with van der Waals surface area (Å²) < 4.78 is 32.6. The Labute approximate surface area is 179 Å². The van der Waals surface area contributed by atoms with E-state index in [2.05, 4.69) is 5.32 Å². The molecule has 0 radical (unpaired) electrons. The third-order valence-corrected chi connectivity index (χ3v) is 7.21. The molecule has 1 amide bonds. The average Bonchev–Trinajstić information content (AvgIpc) is 2.77. The van der Waals surface area contributed by atoms with Crippen LogP contribution in [0.1, 0.15) is 36.8 Å². The van der Waals surface area contributed by atoms with Crippen molar-refractivity contribution < 1.29 is 17.9 Å². The van der Waals surface area contributed by atoms with Crippen molar-refractivity contribution in [2.45, 2.75) is 43.9 Å². The van der Waals surface area contributed by atoms with Crippen molar-refractivity contribution in [1.82, 2.24) is 9.62 Å². The second-order valence-electron chi connectivity index (χ2n) is 7.57. The third-order valence-electron chi connectivity index (χ3n) is 5.29. The van der Waals surface area contributed by atoms with E-state index in [4.69, 9.17) is 4.74 Å². The van der Waals surface area contributed by atoms with Gasteiger partial charge in [-0.05, 0) is 55.5 Å². The molecule has 1 aliphatic heterocycles. The van der Waals surface area contributed by atoms with Gasteiger partial charge in [-0.1, -0.05) is 36.8 Å². The molecule has 1 aliphatic rings. The van der Waals surface area contributed by atoms with Crippen LogP contribution in [0.25, 0.3) is 0 Å². The summed E-state index contributed by atoms with van der Waals surface area (Å²) >= 11 is 0. The van der Waals surface area contributed by atoms with Gasteiger partial charge in [-0.25, -0.2) is 8.42 Å². The molecule has 0 saturated carbocycles. The predicted octanol–water partition coefficient (Wildman–Crippen LogP) is 3.30. The maximum atomic E-state index is 12.7. The van der Waals surface area contributed by atoms with E-state index in [-0.39, 0.29) is 5.91 Å². The molecule has 7 heteroatoms. The lowest BCUT2D eigenvalue weighted by atomic mass is 10.1. The zero-order valence-corrected chi connectivity index (χ0v) is 18.3. The minimum Gasteiger partial charge on any atom is -0.491 e. The minimum atomic E-state index is -3.41. The number of sulfonamides is 1. The Morgan fingerprint density at radius 2 is 1.73 bits per heavy atom. The van der Waals surface area contributed by atoms with Gasteiger partial charge in [-0.3, -0.25) is 4.79 Å². The maximum absolute atomic E-state index is 12.7. The molecule has 0 spiro atoms. The minimum absolute atomic E-state index is 0.0478. The summed E-state index contributed by atoms with van der Waals surface area (Å²) in [7, 11) is -3.41. The van der Waals surface area contributed by atoms with E-state index in [0.717, 1.165) is 36.1 Å². The van der Waals surface area contributed by atoms with Gasteiger partial charge < -0.3 is 10.1 Å². The molecule has 0 atom stereocenters. The van der Waals surface area contributed by atoms with Crippen LogP contribution >= 0.6 is 0 Å². The molecule has 3 rings (SSSR count). The number of carbonyl (C=O) groups is 1. The monoisotopic (exact) mass is 430 g/mol. The van der Waals surface area contributed by atoms with Crippen LogP contribution in [0, 0.1) is 6.92 Å². The summed E-state index contributed by atoms with van der Waals surface area (Å²) in [5.41, 5.74) is 2.01. The molecule has 2 aromatic rings. The van der Waals surface area contributed by atoms with Gasteiger partial charge in [0.1, 0.15) is 12.4 Å². The van der Waals surface area contributed by atoms with Gasteiger partial charge in [0.25, 0.3) is 0 Å². The van der Waals surface area contributed by atoms with Crippen LogP contribution in [-0.4, -0.2) is 44.9 Å². The number of para-hydroxylation sites is 1. The average molecular weight is 431 g/mol. The van der Waals surface area contributed by atoms with Crippen LogP contribution in [0.3, 0.4) is 0 Å². The highest BCUT2D eigenvalue weighted by Crippen LogP contribution is 2.21. The summed E-state index contributed by atoms with van der Waals surface area (Å²) in [5.74, 6) is 0.778. The summed E-state index contributed by atoms with van der Waals surface area (Å²) in [5, 5.41) is 2.85. The van der Waals surface area contributed by atoms with Crippen molar-refractivity contribution in [1.29, 1.82) is 0 Å². The standard InChI is InChI=1S/C23H30N2O4S/c1-19-7-3-4-8-22(19)29-18-15-24-23(26)14-11-20-9-12-21(13-10-20)30(27,28)25-16-5-2-6-17-25/h3-4,7-10,12-13H,2,5-6,11,14-18H2,1H3,(H,24,26). The topological polar surface area (TPSA) is 75.7 Å². The van der Waals surface area contributed by atoms with Gasteiger partial charge in [-0.2, -0.15) is 4.31 Å². The van der Waals surface area contributed by atoms with Crippen LogP contribution in [0.2, 0.25) is 0 Å². The molecule has 30 heavy (non-hydrogen) atoms. The molecule has 0 bridgehead atoms. The first-order chi connectivity index (χ1) is 14.5.